The van der Waals surface area contributed by atoms with Crippen molar-refractivity contribution in [2.75, 3.05) is 0 Å². The molecule has 190 valence electrons. The van der Waals surface area contributed by atoms with Gasteiger partial charge in [-0.3, -0.25) is 4.98 Å². The number of hydrogen-bond donors (Lipinski definition) is 0. The molecular formula is C39H23NS. The zero-order chi connectivity index (χ0) is 26.9. The number of rotatable bonds is 3. The molecule has 7 aromatic carbocycles. The molecule has 41 heavy (non-hydrogen) atoms. The lowest BCUT2D eigenvalue weighted by atomic mass is 9.86. The van der Waals surface area contributed by atoms with Crippen molar-refractivity contribution in [1.82, 2.24) is 4.98 Å². The van der Waals surface area contributed by atoms with Crippen LogP contribution < -0.4 is 0 Å². The van der Waals surface area contributed by atoms with Crippen LogP contribution >= 0.6 is 11.3 Å². The van der Waals surface area contributed by atoms with E-state index >= 15 is 0 Å². The van der Waals surface area contributed by atoms with Crippen molar-refractivity contribution in [1.29, 1.82) is 0 Å². The smallest absolute Gasteiger partial charge is 0.0708 e. The minimum atomic E-state index is 1.000. The normalized spacial score (nSPS) is 11.9. The molecule has 0 aliphatic carbocycles. The highest BCUT2D eigenvalue weighted by Gasteiger charge is 2.17. The summed E-state index contributed by atoms with van der Waals surface area (Å²) in [5.41, 5.74) is 7.16. The predicted octanol–water partition coefficient (Wildman–Crippen LogP) is 11.3. The number of aromatic nitrogens is 1. The van der Waals surface area contributed by atoms with Gasteiger partial charge in [-0.05, 0) is 78.8 Å². The molecule has 2 aromatic heterocycles. The molecule has 0 bridgehead atoms. The maximum absolute atomic E-state index is 4.77. The van der Waals surface area contributed by atoms with Gasteiger partial charge in [-0.25, -0.2) is 0 Å². The highest BCUT2D eigenvalue weighted by molar-refractivity contribution is 7.26. The van der Waals surface area contributed by atoms with Crippen LogP contribution in [0.25, 0.3) is 86.0 Å². The number of nitrogens with zero attached hydrogens (tertiary/aromatic N) is 1. The van der Waals surface area contributed by atoms with Crippen LogP contribution in [0, 0.1) is 0 Å². The lowest BCUT2D eigenvalue weighted by molar-refractivity contribution is 1.33. The molecule has 0 N–H and O–H groups in total. The van der Waals surface area contributed by atoms with E-state index in [1.807, 2.05) is 23.6 Å². The number of benzene rings is 7. The molecule has 2 heteroatoms. The fourth-order valence-electron chi connectivity index (χ4n) is 6.61. The summed E-state index contributed by atoms with van der Waals surface area (Å²) in [4.78, 5) is 4.77. The summed E-state index contributed by atoms with van der Waals surface area (Å²) in [5.74, 6) is 0. The van der Waals surface area contributed by atoms with Crippen LogP contribution in [0.1, 0.15) is 0 Å². The molecule has 0 aliphatic heterocycles. The predicted molar refractivity (Wildman–Crippen MR) is 177 cm³/mol. The first-order chi connectivity index (χ1) is 20.3. The van der Waals surface area contributed by atoms with Crippen molar-refractivity contribution in [2.24, 2.45) is 0 Å². The first kappa shape index (κ1) is 22.7. The fraction of sp³-hybridized carbons (Fsp3) is 0. The molecule has 2 heterocycles. The van der Waals surface area contributed by atoms with Crippen molar-refractivity contribution in [2.45, 2.75) is 0 Å². The molecule has 0 spiro atoms. The van der Waals surface area contributed by atoms with E-state index in [1.54, 1.807) is 0 Å². The van der Waals surface area contributed by atoms with E-state index in [0.29, 0.717) is 0 Å². The van der Waals surface area contributed by atoms with E-state index in [9.17, 15) is 0 Å². The summed E-state index contributed by atoms with van der Waals surface area (Å²) in [6, 6.07) is 48.7. The van der Waals surface area contributed by atoms with E-state index in [4.69, 9.17) is 4.98 Å². The van der Waals surface area contributed by atoms with Gasteiger partial charge in [-0.15, -0.1) is 11.3 Å². The SMILES string of the molecule is c1ccc(-c2cc(-c3ccc(-c4cccc5c4sc4ccccc45)cc3)c3ccc4cccc5ccc2c3c45)nc1. The summed E-state index contributed by atoms with van der Waals surface area (Å²) in [7, 11) is 0. The maximum Gasteiger partial charge on any atom is 0.0708 e. The molecule has 0 aliphatic rings. The highest BCUT2D eigenvalue weighted by Crippen LogP contribution is 2.44. The number of pyridine rings is 1. The van der Waals surface area contributed by atoms with Crippen LogP contribution in [0.15, 0.2) is 140 Å². The number of thiophene rings is 1. The average molecular weight is 538 g/mol. The quantitative estimate of drug-likeness (QED) is 0.204. The van der Waals surface area contributed by atoms with Gasteiger partial charge in [0.2, 0.25) is 0 Å². The Labute approximate surface area is 241 Å². The number of hydrogen-bond acceptors (Lipinski definition) is 2. The third kappa shape index (κ3) is 3.38. The van der Waals surface area contributed by atoms with Gasteiger partial charge in [0.25, 0.3) is 0 Å². The first-order valence-corrected chi connectivity index (χ1v) is 14.8. The van der Waals surface area contributed by atoms with Crippen LogP contribution in [-0.2, 0) is 0 Å². The fourth-order valence-corrected chi connectivity index (χ4v) is 7.85. The Balaban J connectivity index is 1.28. The van der Waals surface area contributed by atoms with Crippen molar-refractivity contribution in [3.05, 3.63) is 140 Å². The lowest BCUT2D eigenvalue weighted by Gasteiger charge is -2.18. The van der Waals surface area contributed by atoms with Gasteiger partial charge >= 0.3 is 0 Å². The Morgan fingerprint density at radius 2 is 1.12 bits per heavy atom. The molecule has 0 fully saturated rings. The summed E-state index contributed by atoms with van der Waals surface area (Å²) >= 11 is 1.88. The van der Waals surface area contributed by atoms with E-state index in [-0.39, 0.29) is 0 Å². The summed E-state index contributed by atoms with van der Waals surface area (Å²) in [6.45, 7) is 0. The minimum absolute atomic E-state index is 1.000. The largest absolute Gasteiger partial charge is 0.256 e. The van der Waals surface area contributed by atoms with Crippen molar-refractivity contribution in [3.8, 4) is 33.5 Å². The number of fused-ring (bicyclic) bond motifs is 3. The van der Waals surface area contributed by atoms with E-state index in [2.05, 4.69) is 127 Å². The Morgan fingerprint density at radius 3 is 1.90 bits per heavy atom. The first-order valence-electron chi connectivity index (χ1n) is 14.0. The van der Waals surface area contributed by atoms with Gasteiger partial charge in [-0.1, -0.05) is 109 Å². The van der Waals surface area contributed by atoms with Gasteiger partial charge in [0.15, 0.2) is 0 Å². The second-order valence-electron chi connectivity index (χ2n) is 10.7. The topological polar surface area (TPSA) is 12.9 Å². The third-order valence-electron chi connectivity index (χ3n) is 8.50. The van der Waals surface area contributed by atoms with E-state index < -0.39 is 0 Å². The molecule has 9 rings (SSSR count). The van der Waals surface area contributed by atoms with E-state index in [0.717, 1.165) is 5.69 Å². The van der Waals surface area contributed by atoms with Gasteiger partial charge < -0.3 is 0 Å². The molecule has 0 unspecified atom stereocenters. The molecule has 9 aromatic rings. The van der Waals surface area contributed by atoms with Crippen molar-refractivity contribution < 1.29 is 0 Å². The van der Waals surface area contributed by atoms with Crippen LogP contribution in [0.5, 0.6) is 0 Å². The summed E-state index contributed by atoms with van der Waals surface area (Å²) in [6.07, 6.45) is 1.89. The monoisotopic (exact) mass is 537 g/mol. The van der Waals surface area contributed by atoms with Crippen LogP contribution in [0.2, 0.25) is 0 Å². The minimum Gasteiger partial charge on any atom is -0.256 e. The standard InChI is InChI=1S/C39H23NS/c1-2-13-36-29(9-1)32-11-6-10-28(39(32)41-36)24-14-16-25(17-15-24)33-23-34(35-12-3-4-22-40-35)31-21-19-27-8-5-7-26-18-20-30(33)38(31)37(26)27/h1-23H. The van der Waals surface area contributed by atoms with Gasteiger partial charge in [0, 0.05) is 31.9 Å². The Hall–Kier alpha value is -5.05. The Kier molecular flexibility index (Phi) is 4.84. The molecule has 0 saturated heterocycles. The van der Waals surface area contributed by atoms with Gasteiger partial charge in [0.05, 0.1) is 5.69 Å². The lowest BCUT2D eigenvalue weighted by Crippen LogP contribution is -1.92. The molecule has 0 amide bonds. The van der Waals surface area contributed by atoms with Crippen molar-refractivity contribution in [3.63, 3.8) is 0 Å². The van der Waals surface area contributed by atoms with Gasteiger partial charge in [0.1, 0.15) is 0 Å². The maximum atomic E-state index is 4.77. The van der Waals surface area contributed by atoms with Crippen LogP contribution in [0.4, 0.5) is 0 Å². The van der Waals surface area contributed by atoms with Crippen molar-refractivity contribution >= 4 is 63.8 Å². The summed E-state index contributed by atoms with van der Waals surface area (Å²) in [5, 5.41) is 10.4. The highest BCUT2D eigenvalue weighted by atomic mass is 32.1. The van der Waals surface area contributed by atoms with Crippen LogP contribution in [-0.4, -0.2) is 4.98 Å². The zero-order valence-corrected chi connectivity index (χ0v) is 23.0. The molecule has 0 saturated carbocycles. The Bertz CT molecular complexity index is 2380. The molecule has 0 radical (unpaired) electrons. The molecule has 1 nitrogen and oxygen atoms in total. The second kappa shape index (κ2) is 8.72. The average Bonchev–Trinajstić information content (AvgIpc) is 3.43. The zero-order valence-electron chi connectivity index (χ0n) is 22.1. The van der Waals surface area contributed by atoms with E-state index in [1.165, 1.54) is 80.3 Å². The molecular weight excluding hydrogens is 515 g/mol. The van der Waals surface area contributed by atoms with Gasteiger partial charge in [-0.2, -0.15) is 0 Å². The third-order valence-corrected chi connectivity index (χ3v) is 9.72. The summed E-state index contributed by atoms with van der Waals surface area (Å²) < 4.78 is 2.68. The molecule has 0 atom stereocenters. The van der Waals surface area contributed by atoms with Crippen LogP contribution in [0.3, 0.4) is 0 Å². The Morgan fingerprint density at radius 1 is 0.439 bits per heavy atom. The second-order valence-corrected chi connectivity index (χ2v) is 11.8.